The van der Waals surface area contributed by atoms with Crippen LogP contribution in [-0.2, 0) is 11.3 Å². The van der Waals surface area contributed by atoms with Crippen LogP contribution in [-0.4, -0.2) is 34.2 Å². The third-order valence-corrected chi connectivity index (χ3v) is 5.32. The molecule has 4 heterocycles. The van der Waals surface area contributed by atoms with Gasteiger partial charge in [0.2, 0.25) is 0 Å². The van der Waals surface area contributed by atoms with Gasteiger partial charge >= 0.3 is 0 Å². The van der Waals surface area contributed by atoms with Crippen LogP contribution in [0.25, 0.3) is 11.4 Å². The summed E-state index contributed by atoms with van der Waals surface area (Å²) in [4.78, 5) is 17.3. The third-order valence-electron chi connectivity index (χ3n) is 4.46. The lowest BCUT2D eigenvalue weighted by Gasteiger charge is -2.26. The quantitative estimate of drug-likeness (QED) is 0.657. The maximum atomic E-state index is 5.88. The van der Waals surface area contributed by atoms with E-state index in [-0.39, 0.29) is 6.10 Å². The fourth-order valence-electron chi connectivity index (χ4n) is 3.20. The maximum Gasteiger partial charge on any atom is 0.163 e. The van der Waals surface area contributed by atoms with Crippen molar-refractivity contribution in [1.82, 2.24) is 15.0 Å². The van der Waals surface area contributed by atoms with Gasteiger partial charge < -0.3 is 9.64 Å². The number of pyridine rings is 1. The first-order chi connectivity index (χ1) is 12.8. The van der Waals surface area contributed by atoms with Crippen molar-refractivity contribution < 1.29 is 4.74 Å². The van der Waals surface area contributed by atoms with E-state index in [9.17, 15) is 0 Å². The first-order valence-electron chi connectivity index (χ1n) is 8.93. The van der Waals surface area contributed by atoms with Crippen molar-refractivity contribution >= 4 is 17.2 Å². The molecular weight excluding hydrogens is 344 g/mol. The number of hydrogen-bond donors (Lipinski definition) is 0. The van der Waals surface area contributed by atoms with E-state index >= 15 is 0 Å². The maximum absolute atomic E-state index is 5.88. The number of nitrogens with zero attached hydrogens (tertiary/aromatic N) is 4. The smallest absolute Gasteiger partial charge is 0.163 e. The molecule has 6 heteroatoms. The summed E-state index contributed by atoms with van der Waals surface area (Å²) in [6, 6.07) is 10.2. The monoisotopic (exact) mass is 366 g/mol. The van der Waals surface area contributed by atoms with Gasteiger partial charge in [-0.3, -0.25) is 4.98 Å². The molecule has 0 aromatic carbocycles. The fraction of sp³-hybridized carbons (Fsp3) is 0.350. The molecule has 0 N–H and O–H groups in total. The summed E-state index contributed by atoms with van der Waals surface area (Å²) in [5.41, 5.74) is 1.89. The average molecular weight is 366 g/mol. The third kappa shape index (κ3) is 4.08. The molecule has 1 saturated heterocycles. The number of thiophene rings is 1. The second kappa shape index (κ2) is 7.93. The second-order valence-corrected chi connectivity index (χ2v) is 7.56. The first kappa shape index (κ1) is 17.1. The molecule has 1 aliphatic rings. The molecule has 0 amide bonds. The van der Waals surface area contributed by atoms with Crippen molar-refractivity contribution in [1.29, 1.82) is 0 Å². The normalized spacial score (nSPS) is 16.7. The van der Waals surface area contributed by atoms with Crippen molar-refractivity contribution in [3.05, 3.63) is 58.7 Å². The Balaban J connectivity index is 1.66. The summed E-state index contributed by atoms with van der Waals surface area (Å²) in [7, 11) is 0. The topological polar surface area (TPSA) is 51.1 Å². The van der Waals surface area contributed by atoms with Gasteiger partial charge in [0.25, 0.3) is 0 Å². The van der Waals surface area contributed by atoms with Crippen LogP contribution in [0.1, 0.15) is 23.4 Å². The number of ether oxygens (including phenoxy) is 1. The van der Waals surface area contributed by atoms with Gasteiger partial charge in [0, 0.05) is 47.7 Å². The van der Waals surface area contributed by atoms with E-state index in [0.29, 0.717) is 0 Å². The summed E-state index contributed by atoms with van der Waals surface area (Å²) in [5, 5.41) is 2.12. The molecule has 3 aromatic heterocycles. The first-order valence-corrected chi connectivity index (χ1v) is 9.81. The van der Waals surface area contributed by atoms with E-state index in [1.54, 1.807) is 17.5 Å². The van der Waals surface area contributed by atoms with E-state index in [1.165, 1.54) is 4.88 Å². The van der Waals surface area contributed by atoms with E-state index in [1.807, 2.05) is 25.3 Å². The predicted octanol–water partition coefficient (Wildman–Crippen LogP) is 4.09. The van der Waals surface area contributed by atoms with Crippen LogP contribution >= 0.6 is 11.3 Å². The molecule has 1 atom stereocenters. The highest BCUT2D eigenvalue weighted by Crippen LogP contribution is 2.24. The largest absolute Gasteiger partial charge is 0.376 e. The molecule has 1 fully saturated rings. The van der Waals surface area contributed by atoms with Crippen molar-refractivity contribution in [3.63, 3.8) is 0 Å². The van der Waals surface area contributed by atoms with Crippen LogP contribution in [0.5, 0.6) is 0 Å². The molecule has 0 unspecified atom stereocenters. The molecule has 0 radical (unpaired) electrons. The molecule has 4 rings (SSSR count). The highest BCUT2D eigenvalue weighted by Gasteiger charge is 2.21. The Kier molecular flexibility index (Phi) is 5.22. The zero-order valence-electron chi connectivity index (χ0n) is 14.8. The lowest BCUT2D eigenvalue weighted by Crippen LogP contribution is -2.32. The van der Waals surface area contributed by atoms with Gasteiger partial charge in [-0.2, -0.15) is 0 Å². The SMILES string of the molecule is Cc1cc(N(Cc2cccs2)C[C@@H]2CCCO2)nc(-c2cccnc2)n1. The van der Waals surface area contributed by atoms with Gasteiger partial charge in [-0.1, -0.05) is 6.07 Å². The Labute approximate surface area is 157 Å². The van der Waals surface area contributed by atoms with E-state index in [0.717, 1.165) is 55.4 Å². The minimum absolute atomic E-state index is 0.270. The van der Waals surface area contributed by atoms with Crippen LogP contribution in [0.2, 0.25) is 0 Å². The second-order valence-electron chi connectivity index (χ2n) is 6.53. The minimum atomic E-state index is 0.270. The van der Waals surface area contributed by atoms with Crippen LogP contribution < -0.4 is 4.90 Å². The summed E-state index contributed by atoms with van der Waals surface area (Å²) >= 11 is 1.77. The molecular formula is C20H22N4OS. The van der Waals surface area contributed by atoms with Gasteiger partial charge in [0.15, 0.2) is 5.82 Å². The van der Waals surface area contributed by atoms with Gasteiger partial charge in [0.05, 0.1) is 12.6 Å². The molecule has 134 valence electrons. The van der Waals surface area contributed by atoms with Gasteiger partial charge in [-0.15, -0.1) is 11.3 Å². The Hall–Kier alpha value is -2.31. The van der Waals surface area contributed by atoms with Crippen molar-refractivity contribution in [2.24, 2.45) is 0 Å². The summed E-state index contributed by atoms with van der Waals surface area (Å²) in [5.74, 6) is 1.66. The molecule has 0 saturated carbocycles. The number of rotatable bonds is 6. The number of aromatic nitrogens is 3. The number of aryl methyl sites for hydroxylation is 1. The lowest BCUT2D eigenvalue weighted by atomic mass is 10.2. The minimum Gasteiger partial charge on any atom is -0.376 e. The molecule has 0 bridgehead atoms. The highest BCUT2D eigenvalue weighted by molar-refractivity contribution is 7.09. The standard InChI is InChI=1S/C20H22N4OS/c1-15-11-19(23-20(22-15)16-5-2-8-21-12-16)24(13-17-6-3-9-25-17)14-18-7-4-10-26-18/h2,4-5,7-8,10-12,17H,3,6,9,13-14H2,1H3/t17-/m0/s1. The Morgan fingerprint density at radius 2 is 2.23 bits per heavy atom. The van der Waals surface area contributed by atoms with Gasteiger partial charge in [0.1, 0.15) is 5.82 Å². The molecule has 5 nitrogen and oxygen atoms in total. The zero-order valence-corrected chi connectivity index (χ0v) is 15.7. The molecule has 3 aromatic rings. The summed E-state index contributed by atoms with van der Waals surface area (Å²) in [6.45, 7) is 4.56. The Morgan fingerprint density at radius 1 is 1.27 bits per heavy atom. The molecule has 26 heavy (non-hydrogen) atoms. The van der Waals surface area contributed by atoms with Crippen LogP contribution in [0, 0.1) is 6.92 Å². The average Bonchev–Trinajstić information content (AvgIpc) is 3.35. The number of hydrogen-bond acceptors (Lipinski definition) is 6. The van der Waals surface area contributed by atoms with Crippen LogP contribution in [0.3, 0.4) is 0 Å². The van der Waals surface area contributed by atoms with Gasteiger partial charge in [-0.25, -0.2) is 9.97 Å². The van der Waals surface area contributed by atoms with E-state index in [2.05, 4.69) is 38.4 Å². The van der Waals surface area contributed by atoms with E-state index < -0.39 is 0 Å². The van der Waals surface area contributed by atoms with Gasteiger partial charge in [-0.05, 0) is 43.3 Å². The fourth-order valence-corrected chi connectivity index (χ4v) is 3.92. The zero-order chi connectivity index (χ0) is 17.8. The Bertz CT molecular complexity index is 832. The van der Waals surface area contributed by atoms with Crippen molar-refractivity contribution in [3.8, 4) is 11.4 Å². The molecule has 1 aliphatic heterocycles. The van der Waals surface area contributed by atoms with Crippen LogP contribution in [0.15, 0.2) is 48.1 Å². The molecule has 0 aliphatic carbocycles. The summed E-state index contributed by atoms with van der Waals surface area (Å²) in [6.07, 6.45) is 6.09. The number of anilines is 1. The lowest BCUT2D eigenvalue weighted by molar-refractivity contribution is 0.115. The highest BCUT2D eigenvalue weighted by atomic mass is 32.1. The van der Waals surface area contributed by atoms with Crippen LogP contribution in [0.4, 0.5) is 5.82 Å². The predicted molar refractivity (Wildman–Crippen MR) is 104 cm³/mol. The van der Waals surface area contributed by atoms with Crippen molar-refractivity contribution in [2.75, 3.05) is 18.1 Å². The van der Waals surface area contributed by atoms with E-state index in [4.69, 9.17) is 9.72 Å². The van der Waals surface area contributed by atoms with Crippen molar-refractivity contribution in [2.45, 2.75) is 32.4 Å². The Morgan fingerprint density at radius 3 is 2.96 bits per heavy atom. The molecule has 0 spiro atoms. The summed E-state index contributed by atoms with van der Waals surface area (Å²) < 4.78 is 5.88.